The summed E-state index contributed by atoms with van der Waals surface area (Å²) in [5.41, 5.74) is 4.91. The fraction of sp³-hybridized carbons (Fsp3) is 0.280. The largest absolute Gasteiger partial charge is 0.367 e. The van der Waals surface area contributed by atoms with E-state index in [4.69, 9.17) is 0 Å². The molecule has 0 spiro atoms. The molecule has 0 radical (unpaired) electrons. The van der Waals surface area contributed by atoms with Gasteiger partial charge in [0.2, 0.25) is 0 Å². The summed E-state index contributed by atoms with van der Waals surface area (Å²) in [5, 5.41) is 8.94. The Hall–Kier alpha value is -3.38. The number of hydrogen-bond donors (Lipinski definition) is 1. The Morgan fingerprint density at radius 2 is 1.84 bits per heavy atom. The first-order valence-corrected chi connectivity index (χ1v) is 10.7. The fourth-order valence-corrected chi connectivity index (χ4v) is 4.58. The first-order chi connectivity index (χ1) is 15.0. The lowest BCUT2D eigenvalue weighted by atomic mass is 10.0. The highest BCUT2D eigenvalue weighted by Gasteiger charge is 2.25. The van der Waals surface area contributed by atoms with Crippen LogP contribution in [0.25, 0.3) is 16.5 Å². The molecule has 1 amide bonds. The van der Waals surface area contributed by atoms with Crippen LogP contribution in [0.3, 0.4) is 0 Å². The van der Waals surface area contributed by atoms with Gasteiger partial charge in [-0.05, 0) is 55.3 Å². The molecule has 1 aromatic carbocycles. The molecule has 1 saturated heterocycles. The summed E-state index contributed by atoms with van der Waals surface area (Å²) in [4.78, 5) is 17.4. The third-order valence-electron chi connectivity index (χ3n) is 6.03. The molecule has 1 fully saturated rings. The molecule has 158 valence electrons. The highest BCUT2D eigenvalue weighted by molar-refractivity contribution is 6.00. The molecule has 0 bridgehead atoms. The molecular formula is C25H27N5O. The molecule has 0 saturated carbocycles. The summed E-state index contributed by atoms with van der Waals surface area (Å²) < 4.78 is 1.85. The maximum Gasteiger partial charge on any atom is 0.255 e. The van der Waals surface area contributed by atoms with Crippen molar-refractivity contribution in [1.82, 2.24) is 24.9 Å². The van der Waals surface area contributed by atoms with Gasteiger partial charge in [0.25, 0.3) is 5.91 Å². The van der Waals surface area contributed by atoms with E-state index in [1.165, 1.54) is 0 Å². The predicted octanol–water partition coefficient (Wildman–Crippen LogP) is 3.33. The Morgan fingerprint density at radius 3 is 2.65 bits per heavy atom. The molecule has 0 aliphatic carbocycles. The minimum Gasteiger partial charge on any atom is -0.367 e. The van der Waals surface area contributed by atoms with E-state index in [0.29, 0.717) is 12.1 Å². The number of amides is 1. The number of allylic oxidation sites excluding steroid dienone is 6. The fourth-order valence-electron chi connectivity index (χ4n) is 4.58. The second-order valence-electron chi connectivity index (χ2n) is 8.56. The van der Waals surface area contributed by atoms with Crippen molar-refractivity contribution in [1.29, 1.82) is 0 Å². The average molecular weight is 414 g/mol. The summed E-state index contributed by atoms with van der Waals surface area (Å²) in [7, 11) is 1.93. The van der Waals surface area contributed by atoms with E-state index in [2.05, 4.69) is 41.3 Å². The lowest BCUT2D eigenvalue weighted by molar-refractivity contribution is -0.122. The van der Waals surface area contributed by atoms with Crippen LogP contribution >= 0.6 is 0 Å². The van der Waals surface area contributed by atoms with Crippen molar-refractivity contribution in [3.8, 4) is 0 Å². The first kappa shape index (κ1) is 19.6. The van der Waals surface area contributed by atoms with Crippen LogP contribution in [0.2, 0.25) is 0 Å². The number of carbonyl (C=O) groups is 1. The van der Waals surface area contributed by atoms with Gasteiger partial charge in [-0.3, -0.25) is 14.4 Å². The molecule has 3 aliphatic rings. The number of nitrogens with one attached hydrogen (secondary N) is 1. The van der Waals surface area contributed by atoms with Gasteiger partial charge in [-0.15, -0.1) is 0 Å². The molecule has 0 unspecified atom stereocenters. The SMILES string of the molecule is C[C@@H]1CN(C2=CN3C(=O)/C=C(c4ccc5c(cnn5C)c4)\C=C\C=C3C=C2)C[C@H](C)N1. The van der Waals surface area contributed by atoms with Crippen LogP contribution < -0.4 is 5.32 Å². The molecule has 2 aromatic rings. The summed E-state index contributed by atoms with van der Waals surface area (Å²) in [6, 6.07) is 7.00. The Bertz CT molecular complexity index is 1190. The van der Waals surface area contributed by atoms with Crippen LogP contribution in [0.4, 0.5) is 0 Å². The van der Waals surface area contributed by atoms with Gasteiger partial charge >= 0.3 is 0 Å². The summed E-state index contributed by atoms with van der Waals surface area (Å²) in [6.45, 7) is 6.24. The molecule has 31 heavy (non-hydrogen) atoms. The van der Waals surface area contributed by atoms with E-state index < -0.39 is 0 Å². The number of hydrogen-bond acceptors (Lipinski definition) is 4. The lowest BCUT2D eigenvalue weighted by Crippen LogP contribution is -2.53. The van der Waals surface area contributed by atoms with Crippen molar-refractivity contribution in [3.05, 3.63) is 84.0 Å². The van der Waals surface area contributed by atoms with Crippen molar-refractivity contribution in [2.45, 2.75) is 25.9 Å². The van der Waals surface area contributed by atoms with Crippen LogP contribution in [0.5, 0.6) is 0 Å². The number of piperazine rings is 1. The third kappa shape index (κ3) is 3.75. The minimum absolute atomic E-state index is 0.0463. The molecular weight excluding hydrogens is 386 g/mol. The topological polar surface area (TPSA) is 53.4 Å². The summed E-state index contributed by atoms with van der Waals surface area (Å²) >= 11 is 0. The second kappa shape index (κ2) is 7.71. The van der Waals surface area contributed by atoms with E-state index in [-0.39, 0.29) is 5.91 Å². The number of rotatable bonds is 2. The van der Waals surface area contributed by atoms with E-state index in [1.807, 2.05) is 60.6 Å². The number of aromatic nitrogens is 2. The van der Waals surface area contributed by atoms with Crippen molar-refractivity contribution in [2.24, 2.45) is 7.05 Å². The Morgan fingerprint density at radius 1 is 1.06 bits per heavy atom. The highest BCUT2D eigenvalue weighted by Crippen LogP contribution is 2.27. The van der Waals surface area contributed by atoms with E-state index in [0.717, 1.165) is 46.5 Å². The zero-order valence-electron chi connectivity index (χ0n) is 18.1. The minimum atomic E-state index is -0.0463. The Kier molecular flexibility index (Phi) is 4.87. The zero-order valence-corrected chi connectivity index (χ0v) is 18.1. The molecule has 6 nitrogen and oxygen atoms in total. The average Bonchev–Trinajstić information content (AvgIpc) is 3.11. The molecule has 5 rings (SSSR count). The number of aryl methyl sites for hydroxylation is 1. The standard InChI is InChI=1S/C25H27N5O/c1-17-14-29(15-18(2)27-17)23-9-8-22-6-4-5-19(12-25(31)30(22)16-23)20-7-10-24-21(11-20)13-26-28(24)3/h4-13,16-18,27H,14-15H2,1-3H3/b5-4+,19-12+,22-6?/t17-,18+. The lowest BCUT2D eigenvalue weighted by Gasteiger charge is -2.39. The van der Waals surface area contributed by atoms with Crippen LogP contribution in [-0.4, -0.2) is 50.7 Å². The second-order valence-corrected chi connectivity index (χ2v) is 8.56. The Labute approximate surface area is 182 Å². The van der Waals surface area contributed by atoms with Crippen LogP contribution in [-0.2, 0) is 11.8 Å². The first-order valence-electron chi connectivity index (χ1n) is 10.7. The monoisotopic (exact) mass is 413 g/mol. The van der Waals surface area contributed by atoms with E-state index in [9.17, 15) is 4.79 Å². The third-order valence-corrected chi connectivity index (χ3v) is 6.03. The van der Waals surface area contributed by atoms with Gasteiger partial charge in [0, 0.05) is 55.6 Å². The van der Waals surface area contributed by atoms with Crippen molar-refractivity contribution in [3.63, 3.8) is 0 Å². The number of benzene rings is 1. The Balaban J connectivity index is 1.47. The molecule has 3 aliphatic heterocycles. The molecule has 1 aromatic heterocycles. The van der Waals surface area contributed by atoms with Crippen LogP contribution in [0, 0.1) is 0 Å². The van der Waals surface area contributed by atoms with Crippen LogP contribution in [0.15, 0.2) is 78.4 Å². The summed E-state index contributed by atoms with van der Waals surface area (Å²) in [6.07, 6.45) is 15.7. The highest BCUT2D eigenvalue weighted by atomic mass is 16.2. The van der Waals surface area contributed by atoms with Crippen LogP contribution in [0.1, 0.15) is 19.4 Å². The van der Waals surface area contributed by atoms with Gasteiger partial charge < -0.3 is 10.2 Å². The van der Waals surface area contributed by atoms with Gasteiger partial charge in [-0.2, -0.15) is 5.10 Å². The van der Waals surface area contributed by atoms with Gasteiger partial charge in [0.05, 0.1) is 17.4 Å². The van der Waals surface area contributed by atoms with Crippen molar-refractivity contribution < 1.29 is 4.79 Å². The molecule has 2 atom stereocenters. The van der Waals surface area contributed by atoms with Gasteiger partial charge in [0.1, 0.15) is 0 Å². The molecule has 6 heteroatoms. The quantitative estimate of drug-likeness (QED) is 0.821. The van der Waals surface area contributed by atoms with E-state index in [1.54, 1.807) is 11.0 Å². The number of fused-ring (bicyclic) bond motifs is 2. The summed E-state index contributed by atoms with van der Waals surface area (Å²) in [5.74, 6) is -0.0463. The maximum absolute atomic E-state index is 13.3. The molecule has 4 heterocycles. The van der Waals surface area contributed by atoms with Crippen molar-refractivity contribution in [2.75, 3.05) is 13.1 Å². The van der Waals surface area contributed by atoms with Crippen molar-refractivity contribution >= 4 is 22.4 Å². The van der Waals surface area contributed by atoms with Gasteiger partial charge in [-0.25, -0.2) is 0 Å². The predicted molar refractivity (Wildman–Crippen MR) is 124 cm³/mol. The molecule has 1 N–H and O–H groups in total. The smallest absolute Gasteiger partial charge is 0.255 e. The van der Waals surface area contributed by atoms with Gasteiger partial charge in [0.15, 0.2) is 0 Å². The van der Waals surface area contributed by atoms with Gasteiger partial charge in [-0.1, -0.05) is 18.2 Å². The normalized spacial score (nSPS) is 26.5. The number of nitrogens with zero attached hydrogens (tertiary/aromatic N) is 4. The number of carbonyl (C=O) groups excluding carboxylic acids is 1. The maximum atomic E-state index is 13.3. The zero-order chi connectivity index (χ0) is 21.5. The van der Waals surface area contributed by atoms with E-state index >= 15 is 0 Å².